The SMILES string of the molecule is CC(COC(=O)CN1Cc2cc(OCCCC(=O)N(C)C3CCCCC3)ccc2N=C1NC(=O)NCC1CCCCC1)C(Cl)(Cl)Cl. The molecule has 2 aliphatic carbocycles. The van der Waals surface area contributed by atoms with Gasteiger partial charge in [0.15, 0.2) is 3.79 Å². The molecule has 0 spiro atoms. The van der Waals surface area contributed by atoms with Crippen LogP contribution >= 0.6 is 34.8 Å². The summed E-state index contributed by atoms with van der Waals surface area (Å²) in [4.78, 5) is 46.6. The van der Waals surface area contributed by atoms with E-state index in [1.807, 2.05) is 30.1 Å². The molecular weight excluding hydrogens is 653 g/mol. The van der Waals surface area contributed by atoms with Crippen LogP contribution in [0.4, 0.5) is 10.5 Å². The Morgan fingerprint density at radius 3 is 2.46 bits per heavy atom. The molecule has 1 atom stereocenters. The number of hydrogen-bond donors (Lipinski definition) is 2. The van der Waals surface area contributed by atoms with Gasteiger partial charge in [0.2, 0.25) is 11.9 Å². The van der Waals surface area contributed by atoms with Crippen LogP contribution in [-0.4, -0.2) is 76.9 Å². The van der Waals surface area contributed by atoms with Crippen molar-refractivity contribution in [1.82, 2.24) is 20.4 Å². The van der Waals surface area contributed by atoms with E-state index in [1.165, 1.54) is 38.5 Å². The molecule has 1 aromatic rings. The first kappa shape index (κ1) is 36.4. The molecule has 0 saturated heterocycles. The lowest BCUT2D eigenvalue weighted by Crippen LogP contribution is -2.50. The molecule has 1 aliphatic heterocycles. The Labute approximate surface area is 287 Å². The van der Waals surface area contributed by atoms with Gasteiger partial charge in [-0.3, -0.25) is 14.9 Å². The lowest BCUT2D eigenvalue weighted by molar-refractivity contribution is -0.145. The second-order valence-corrected chi connectivity index (χ2v) is 15.2. The van der Waals surface area contributed by atoms with Crippen molar-refractivity contribution >= 4 is 64.4 Å². The number of halogens is 3. The number of hydrogen-bond acceptors (Lipinski definition) is 7. The second kappa shape index (κ2) is 17.6. The van der Waals surface area contributed by atoms with Crippen LogP contribution in [0.25, 0.3) is 0 Å². The fraction of sp³-hybridized carbons (Fsp3) is 0.697. The highest BCUT2D eigenvalue weighted by atomic mass is 35.6. The van der Waals surface area contributed by atoms with Crippen molar-refractivity contribution in [3.63, 3.8) is 0 Å². The highest BCUT2D eigenvalue weighted by molar-refractivity contribution is 6.67. The summed E-state index contributed by atoms with van der Waals surface area (Å²) in [5.41, 5.74) is 1.48. The van der Waals surface area contributed by atoms with E-state index in [0.29, 0.717) is 49.4 Å². The molecule has 4 rings (SSSR count). The third-order valence-corrected chi connectivity index (χ3v) is 10.2. The van der Waals surface area contributed by atoms with E-state index in [-0.39, 0.29) is 37.6 Å². The number of esters is 1. The summed E-state index contributed by atoms with van der Waals surface area (Å²) in [6.45, 7) is 2.71. The van der Waals surface area contributed by atoms with E-state index in [0.717, 1.165) is 31.2 Å². The lowest BCUT2D eigenvalue weighted by Gasteiger charge is -2.31. The molecule has 2 saturated carbocycles. The Hall–Kier alpha value is -2.43. The number of nitrogens with zero attached hydrogens (tertiary/aromatic N) is 3. The van der Waals surface area contributed by atoms with Gasteiger partial charge < -0.3 is 24.6 Å². The molecule has 13 heteroatoms. The van der Waals surface area contributed by atoms with E-state index < -0.39 is 15.7 Å². The first-order valence-electron chi connectivity index (χ1n) is 16.6. The molecule has 46 heavy (non-hydrogen) atoms. The zero-order valence-corrected chi connectivity index (χ0v) is 29.3. The van der Waals surface area contributed by atoms with Gasteiger partial charge in [0.25, 0.3) is 0 Å². The Morgan fingerprint density at radius 1 is 1.07 bits per heavy atom. The van der Waals surface area contributed by atoms with Crippen molar-refractivity contribution in [2.24, 2.45) is 16.8 Å². The summed E-state index contributed by atoms with van der Waals surface area (Å²) in [6.07, 6.45) is 12.7. The number of fused-ring (bicyclic) bond motifs is 1. The molecule has 3 amide bonds. The van der Waals surface area contributed by atoms with E-state index in [1.54, 1.807) is 11.8 Å². The lowest BCUT2D eigenvalue weighted by atomic mass is 9.89. The number of nitrogens with one attached hydrogen (secondary N) is 2. The van der Waals surface area contributed by atoms with Crippen molar-refractivity contribution < 1.29 is 23.9 Å². The smallest absolute Gasteiger partial charge is 0.325 e. The Bertz CT molecular complexity index is 1210. The standard InChI is InChI=1S/C33H48Cl3N5O5/c1-23(33(34,35)36)22-46-30(43)21-41-20-25-18-27(45-17-9-14-29(42)40(2)26-12-7-4-8-13-26)15-16-28(25)38-31(41)39-32(44)37-19-24-10-5-3-6-11-24/h15-16,18,23-24,26H,3-14,17,19-22H2,1-2H3,(H2,37,38,39,44). The highest BCUT2D eigenvalue weighted by Gasteiger charge is 2.31. The minimum Gasteiger partial charge on any atom is -0.494 e. The van der Waals surface area contributed by atoms with Crippen LogP contribution in [-0.2, 0) is 20.9 Å². The van der Waals surface area contributed by atoms with Crippen molar-refractivity contribution in [1.29, 1.82) is 0 Å². The minimum absolute atomic E-state index is 0.0710. The predicted octanol–water partition coefficient (Wildman–Crippen LogP) is 6.87. The summed E-state index contributed by atoms with van der Waals surface area (Å²) < 4.78 is 9.82. The molecule has 256 valence electrons. The second-order valence-electron chi connectivity index (χ2n) is 12.8. The van der Waals surface area contributed by atoms with E-state index in [9.17, 15) is 14.4 Å². The normalized spacial score (nSPS) is 18.2. The van der Waals surface area contributed by atoms with E-state index >= 15 is 0 Å². The molecule has 0 aromatic heterocycles. The topological polar surface area (TPSA) is 113 Å². The van der Waals surface area contributed by atoms with Gasteiger partial charge in [-0.15, -0.1) is 0 Å². The largest absolute Gasteiger partial charge is 0.494 e. The van der Waals surface area contributed by atoms with Crippen LogP contribution in [0.2, 0.25) is 0 Å². The van der Waals surface area contributed by atoms with Gasteiger partial charge in [0.1, 0.15) is 12.3 Å². The number of amides is 3. The number of ether oxygens (including phenoxy) is 2. The van der Waals surface area contributed by atoms with Crippen LogP contribution < -0.4 is 15.4 Å². The quantitative estimate of drug-likeness (QED) is 0.140. The first-order valence-corrected chi connectivity index (χ1v) is 17.7. The third-order valence-electron chi connectivity index (χ3n) is 9.13. The monoisotopic (exact) mass is 699 g/mol. The van der Waals surface area contributed by atoms with Gasteiger partial charge >= 0.3 is 12.0 Å². The average molecular weight is 701 g/mol. The molecule has 2 N–H and O–H groups in total. The number of alkyl halides is 3. The van der Waals surface area contributed by atoms with Gasteiger partial charge in [-0.2, -0.15) is 0 Å². The first-order chi connectivity index (χ1) is 22.0. The fourth-order valence-corrected chi connectivity index (χ4v) is 6.33. The maximum atomic E-state index is 12.9. The number of guanidine groups is 1. The van der Waals surface area contributed by atoms with Crippen LogP contribution in [0, 0.1) is 11.8 Å². The highest BCUT2D eigenvalue weighted by Crippen LogP contribution is 2.35. The van der Waals surface area contributed by atoms with Crippen LogP contribution in [0.1, 0.15) is 89.5 Å². The molecular formula is C33H48Cl3N5O5. The van der Waals surface area contributed by atoms with Gasteiger partial charge in [0, 0.05) is 44.1 Å². The van der Waals surface area contributed by atoms with Gasteiger partial charge in [-0.25, -0.2) is 9.79 Å². The van der Waals surface area contributed by atoms with Crippen molar-refractivity contribution in [2.75, 3.05) is 33.4 Å². The number of carbonyl (C=O) groups is 3. The summed E-state index contributed by atoms with van der Waals surface area (Å²) in [6, 6.07) is 5.50. The Balaban J connectivity index is 1.35. The summed E-state index contributed by atoms with van der Waals surface area (Å²) in [7, 11) is 1.91. The summed E-state index contributed by atoms with van der Waals surface area (Å²) >= 11 is 17.8. The summed E-state index contributed by atoms with van der Waals surface area (Å²) in [5, 5.41) is 5.79. The third kappa shape index (κ3) is 11.4. The molecule has 3 aliphatic rings. The molecule has 0 bridgehead atoms. The summed E-state index contributed by atoms with van der Waals surface area (Å²) in [5.74, 6) is 0.453. The number of aliphatic imine (C=N–C) groups is 1. The molecule has 1 aromatic carbocycles. The maximum Gasteiger partial charge on any atom is 0.325 e. The molecule has 2 fully saturated rings. The molecule has 10 nitrogen and oxygen atoms in total. The molecule has 0 radical (unpaired) electrons. The number of carbonyl (C=O) groups excluding carboxylic acids is 3. The van der Waals surface area contributed by atoms with Gasteiger partial charge in [0.05, 0.1) is 18.9 Å². The van der Waals surface area contributed by atoms with Crippen LogP contribution in [0.15, 0.2) is 23.2 Å². The number of urea groups is 1. The van der Waals surface area contributed by atoms with E-state index in [4.69, 9.17) is 44.3 Å². The average Bonchev–Trinajstić information content (AvgIpc) is 3.04. The Morgan fingerprint density at radius 2 is 1.76 bits per heavy atom. The van der Waals surface area contributed by atoms with Crippen LogP contribution in [0.3, 0.4) is 0 Å². The molecule has 1 heterocycles. The fourth-order valence-electron chi connectivity index (χ4n) is 6.14. The van der Waals surface area contributed by atoms with Gasteiger partial charge in [-0.1, -0.05) is 80.3 Å². The number of rotatable bonds is 12. The van der Waals surface area contributed by atoms with Crippen molar-refractivity contribution in [3.05, 3.63) is 23.8 Å². The zero-order chi connectivity index (χ0) is 33.1. The van der Waals surface area contributed by atoms with Gasteiger partial charge in [-0.05, 0) is 56.2 Å². The van der Waals surface area contributed by atoms with Crippen molar-refractivity contribution in [3.8, 4) is 5.75 Å². The minimum atomic E-state index is -1.57. The Kier molecular flexibility index (Phi) is 14.0. The number of benzene rings is 1. The zero-order valence-electron chi connectivity index (χ0n) is 27.0. The van der Waals surface area contributed by atoms with Crippen molar-refractivity contribution in [2.45, 2.75) is 100 Å². The maximum absolute atomic E-state index is 12.9. The predicted molar refractivity (Wildman–Crippen MR) is 182 cm³/mol. The molecule has 1 unspecified atom stereocenters. The van der Waals surface area contributed by atoms with Crippen LogP contribution in [0.5, 0.6) is 5.75 Å². The van der Waals surface area contributed by atoms with E-state index in [2.05, 4.69) is 15.6 Å².